The molecule has 3 atom stereocenters. The maximum Gasteiger partial charge on any atom is 0.409 e. The minimum absolute atomic E-state index is 0.0779. The van der Waals surface area contributed by atoms with E-state index in [2.05, 4.69) is 16.6 Å². The van der Waals surface area contributed by atoms with Gasteiger partial charge < -0.3 is 19.1 Å². The van der Waals surface area contributed by atoms with Gasteiger partial charge in [0.05, 0.1) is 14.2 Å². The van der Waals surface area contributed by atoms with Crippen LogP contribution in [0, 0.1) is 24.7 Å². The highest BCUT2D eigenvalue weighted by molar-refractivity contribution is 5.73. The number of benzene rings is 1. The number of nitrogens with zero attached hydrogens (tertiary/aromatic N) is 1. The maximum absolute atomic E-state index is 12.8. The first-order valence-corrected chi connectivity index (χ1v) is 11.1. The molecule has 1 saturated heterocycles. The standard InChI is InChI=1S/C25H31NO6/c1-18-7-4-8-19(17-18)12-15-25(32-23(28)11-5-10-22(27)30-2)14-6-9-21-20(25)13-16-26(21)24(29)31-3/h4,7-8,17,20-21H,5-6,9-11,13-14,16H2,1-3H3/t20-,21+,25+/m0/s1. The van der Waals surface area contributed by atoms with Crippen LogP contribution in [0.25, 0.3) is 0 Å². The molecule has 2 aliphatic rings. The highest BCUT2D eigenvalue weighted by Crippen LogP contribution is 2.45. The van der Waals surface area contributed by atoms with Crippen molar-refractivity contribution < 1.29 is 28.6 Å². The fourth-order valence-electron chi connectivity index (χ4n) is 4.80. The number of carbonyl (C=O) groups is 3. The Morgan fingerprint density at radius 3 is 2.62 bits per heavy atom. The molecule has 1 amide bonds. The van der Waals surface area contributed by atoms with Gasteiger partial charge in [-0.05, 0) is 62.6 Å². The van der Waals surface area contributed by atoms with Crippen LogP contribution in [0.2, 0.25) is 0 Å². The van der Waals surface area contributed by atoms with E-state index < -0.39 is 5.60 Å². The van der Waals surface area contributed by atoms with Gasteiger partial charge in [0.15, 0.2) is 5.60 Å². The van der Waals surface area contributed by atoms with Crippen LogP contribution in [-0.2, 0) is 23.8 Å². The van der Waals surface area contributed by atoms with Crippen LogP contribution in [0.3, 0.4) is 0 Å². The lowest BCUT2D eigenvalue weighted by molar-refractivity contribution is -0.163. The zero-order chi connectivity index (χ0) is 23.1. The molecule has 0 bridgehead atoms. The molecule has 1 saturated carbocycles. The molecular formula is C25H31NO6. The smallest absolute Gasteiger partial charge is 0.409 e. The van der Waals surface area contributed by atoms with Crippen molar-refractivity contribution in [3.63, 3.8) is 0 Å². The predicted octanol–water partition coefficient (Wildman–Crippen LogP) is 3.61. The molecule has 7 nitrogen and oxygen atoms in total. The van der Waals surface area contributed by atoms with Crippen LogP contribution in [0.4, 0.5) is 4.79 Å². The number of esters is 2. The molecule has 32 heavy (non-hydrogen) atoms. The molecule has 0 aromatic heterocycles. The number of hydrogen-bond acceptors (Lipinski definition) is 6. The molecule has 0 unspecified atom stereocenters. The average molecular weight is 442 g/mol. The van der Waals surface area contributed by atoms with E-state index in [1.165, 1.54) is 14.2 Å². The van der Waals surface area contributed by atoms with Gasteiger partial charge in [0.1, 0.15) is 0 Å². The van der Waals surface area contributed by atoms with Crippen LogP contribution < -0.4 is 0 Å². The van der Waals surface area contributed by atoms with Crippen molar-refractivity contribution in [3.8, 4) is 11.8 Å². The van der Waals surface area contributed by atoms with Crippen LogP contribution in [0.1, 0.15) is 56.1 Å². The summed E-state index contributed by atoms with van der Waals surface area (Å²) in [6.45, 7) is 2.56. The number of ether oxygens (including phenoxy) is 3. The second kappa shape index (κ2) is 10.5. The average Bonchev–Trinajstić information content (AvgIpc) is 3.23. The number of methoxy groups -OCH3 is 2. The molecule has 0 spiro atoms. The highest BCUT2D eigenvalue weighted by Gasteiger charge is 2.53. The summed E-state index contributed by atoms with van der Waals surface area (Å²) in [6, 6.07) is 7.80. The largest absolute Gasteiger partial charge is 0.469 e. The van der Waals surface area contributed by atoms with Crippen LogP contribution in [0.15, 0.2) is 24.3 Å². The summed E-state index contributed by atoms with van der Waals surface area (Å²) in [7, 11) is 2.70. The van der Waals surface area contributed by atoms with E-state index in [-0.39, 0.29) is 42.8 Å². The zero-order valence-electron chi connectivity index (χ0n) is 19.0. The normalized spacial score (nSPS) is 24.0. The fraction of sp³-hybridized carbons (Fsp3) is 0.560. The summed E-state index contributed by atoms with van der Waals surface area (Å²) < 4.78 is 15.7. The molecule has 172 valence electrons. The van der Waals surface area contributed by atoms with Crippen LogP contribution in [-0.4, -0.2) is 55.3 Å². The van der Waals surface area contributed by atoms with Gasteiger partial charge in [-0.2, -0.15) is 0 Å². The van der Waals surface area contributed by atoms with Gasteiger partial charge in [-0.3, -0.25) is 9.59 Å². The second-order valence-corrected chi connectivity index (χ2v) is 8.43. The Kier molecular flexibility index (Phi) is 7.79. The lowest BCUT2D eigenvalue weighted by atomic mass is 9.72. The molecule has 1 heterocycles. The minimum Gasteiger partial charge on any atom is -0.469 e. The van der Waals surface area contributed by atoms with Gasteiger partial charge in [0.25, 0.3) is 0 Å². The zero-order valence-corrected chi connectivity index (χ0v) is 19.0. The van der Waals surface area contributed by atoms with Crippen molar-refractivity contribution in [2.45, 2.75) is 63.5 Å². The van der Waals surface area contributed by atoms with Gasteiger partial charge in [0.2, 0.25) is 0 Å². The topological polar surface area (TPSA) is 82.1 Å². The fourth-order valence-corrected chi connectivity index (χ4v) is 4.80. The Balaban J connectivity index is 1.85. The number of carbonyl (C=O) groups excluding carboxylic acids is 3. The monoisotopic (exact) mass is 441 g/mol. The molecule has 2 fully saturated rings. The summed E-state index contributed by atoms with van der Waals surface area (Å²) in [5, 5.41) is 0. The van der Waals surface area contributed by atoms with Gasteiger partial charge in [-0.1, -0.05) is 18.1 Å². The summed E-state index contributed by atoms with van der Waals surface area (Å²) >= 11 is 0. The molecule has 3 rings (SSSR count). The predicted molar refractivity (Wildman–Crippen MR) is 118 cm³/mol. The molecule has 7 heteroatoms. The van der Waals surface area contributed by atoms with E-state index in [4.69, 9.17) is 9.47 Å². The first-order valence-electron chi connectivity index (χ1n) is 11.1. The SMILES string of the molecule is COC(=O)CCCC(=O)O[C@@]1(C#Cc2cccc(C)c2)CCC[C@@H]2[C@@H]1CCN2C(=O)OC. The van der Waals surface area contributed by atoms with Crippen molar-refractivity contribution >= 4 is 18.0 Å². The van der Waals surface area contributed by atoms with Crippen molar-refractivity contribution in [1.82, 2.24) is 4.90 Å². The third kappa shape index (κ3) is 5.42. The van der Waals surface area contributed by atoms with Gasteiger partial charge in [0, 0.05) is 36.9 Å². The number of amides is 1. The van der Waals surface area contributed by atoms with Crippen molar-refractivity contribution in [1.29, 1.82) is 0 Å². The van der Waals surface area contributed by atoms with Gasteiger partial charge in [-0.25, -0.2) is 4.79 Å². The van der Waals surface area contributed by atoms with Gasteiger partial charge >= 0.3 is 18.0 Å². The first kappa shape index (κ1) is 23.6. The Labute approximate surface area is 189 Å². The number of likely N-dealkylation sites (tertiary alicyclic amines) is 1. The molecule has 0 N–H and O–H groups in total. The van der Waals surface area contributed by atoms with Crippen molar-refractivity contribution in [2.24, 2.45) is 5.92 Å². The molecule has 1 aromatic carbocycles. The van der Waals surface area contributed by atoms with Crippen molar-refractivity contribution in [2.75, 3.05) is 20.8 Å². The summed E-state index contributed by atoms with van der Waals surface area (Å²) in [5.74, 6) is 5.70. The Hall–Kier alpha value is -3.01. The number of fused-ring (bicyclic) bond motifs is 1. The number of hydrogen-bond donors (Lipinski definition) is 0. The number of aryl methyl sites for hydroxylation is 1. The van der Waals surface area contributed by atoms with E-state index in [9.17, 15) is 14.4 Å². The van der Waals surface area contributed by atoms with E-state index in [1.807, 2.05) is 31.2 Å². The molecule has 0 radical (unpaired) electrons. The molecule has 1 aliphatic heterocycles. The molecule has 1 aromatic rings. The lowest BCUT2D eigenvalue weighted by Gasteiger charge is -2.42. The Morgan fingerprint density at radius 2 is 1.91 bits per heavy atom. The molecule has 1 aliphatic carbocycles. The van der Waals surface area contributed by atoms with Crippen molar-refractivity contribution in [3.05, 3.63) is 35.4 Å². The second-order valence-electron chi connectivity index (χ2n) is 8.43. The van der Waals surface area contributed by atoms with Crippen LogP contribution >= 0.6 is 0 Å². The third-order valence-electron chi connectivity index (χ3n) is 6.32. The van der Waals surface area contributed by atoms with E-state index >= 15 is 0 Å². The van der Waals surface area contributed by atoms with E-state index in [1.54, 1.807) is 4.90 Å². The third-order valence-corrected chi connectivity index (χ3v) is 6.32. The first-order chi connectivity index (χ1) is 15.4. The Bertz CT molecular complexity index is 916. The lowest BCUT2D eigenvalue weighted by Crippen LogP contribution is -2.51. The summed E-state index contributed by atoms with van der Waals surface area (Å²) in [5.41, 5.74) is 0.985. The van der Waals surface area contributed by atoms with Crippen LogP contribution in [0.5, 0.6) is 0 Å². The Morgan fingerprint density at radius 1 is 1.12 bits per heavy atom. The highest BCUT2D eigenvalue weighted by atomic mass is 16.6. The molecular weight excluding hydrogens is 410 g/mol. The quantitative estimate of drug-likeness (QED) is 0.394. The number of rotatable bonds is 5. The van der Waals surface area contributed by atoms with E-state index in [0.29, 0.717) is 25.8 Å². The summed E-state index contributed by atoms with van der Waals surface area (Å²) in [6.07, 6.45) is 3.19. The maximum atomic E-state index is 12.8. The van der Waals surface area contributed by atoms with Gasteiger partial charge in [-0.15, -0.1) is 0 Å². The van der Waals surface area contributed by atoms with E-state index in [0.717, 1.165) is 24.0 Å². The minimum atomic E-state index is -0.974. The summed E-state index contributed by atoms with van der Waals surface area (Å²) in [4.78, 5) is 38.1.